The van der Waals surface area contributed by atoms with Crippen LogP contribution in [-0.4, -0.2) is 42.8 Å². The first-order valence-corrected chi connectivity index (χ1v) is 7.25. The standard InChI is InChI=1S/C16H22FN3O.ClH/c1-16(2,11-21)15(20-7-5-19-6-8-20)12-3-4-14(17)13(9-12)10-18;/h3-4,9,15,19,21H,5-8,11H2,1-2H3;1H/t15-;/m0./s1. The Kier molecular flexibility index (Phi) is 6.76. The molecule has 4 nitrogen and oxygen atoms in total. The van der Waals surface area contributed by atoms with E-state index in [0.29, 0.717) is 0 Å². The van der Waals surface area contributed by atoms with Gasteiger partial charge in [0.25, 0.3) is 0 Å². The number of halogens is 2. The lowest BCUT2D eigenvalue weighted by molar-refractivity contribution is 0.0305. The van der Waals surface area contributed by atoms with Crippen LogP contribution in [0, 0.1) is 22.6 Å². The molecule has 0 spiro atoms. The van der Waals surface area contributed by atoms with Crippen molar-refractivity contribution in [2.45, 2.75) is 19.9 Å². The van der Waals surface area contributed by atoms with Gasteiger partial charge in [-0.2, -0.15) is 5.26 Å². The predicted octanol–water partition coefficient (Wildman–Crippen LogP) is 2.08. The Morgan fingerprint density at radius 1 is 1.41 bits per heavy atom. The Balaban J connectivity index is 0.00000242. The number of nitriles is 1. The number of piperazine rings is 1. The first-order chi connectivity index (χ1) is 9.99. The van der Waals surface area contributed by atoms with Crippen molar-refractivity contribution in [1.82, 2.24) is 10.2 Å². The minimum Gasteiger partial charge on any atom is -0.396 e. The van der Waals surface area contributed by atoms with Crippen molar-refractivity contribution >= 4 is 12.4 Å². The molecule has 0 amide bonds. The maximum Gasteiger partial charge on any atom is 0.140 e. The number of aliphatic hydroxyl groups excluding tert-OH is 1. The van der Waals surface area contributed by atoms with Crippen molar-refractivity contribution in [3.05, 3.63) is 35.1 Å². The fraction of sp³-hybridized carbons (Fsp3) is 0.562. The topological polar surface area (TPSA) is 59.3 Å². The molecule has 0 aliphatic carbocycles. The first kappa shape index (κ1) is 18.9. The van der Waals surface area contributed by atoms with E-state index in [0.717, 1.165) is 31.7 Å². The van der Waals surface area contributed by atoms with Crippen LogP contribution in [0.4, 0.5) is 4.39 Å². The third-order valence-corrected chi connectivity index (χ3v) is 4.09. The minimum absolute atomic E-state index is 0. The van der Waals surface area contributed by atoms with Crippen LogP contribution in [-0.2, 0) is 0 Å². The fourth-order valence-corrected chi connectivity index (χ4v) is 2.98. The van der Waals surface area contributed by atoms with Crippen molar-refractivity contribution in [3.63, 3.8) is 0 Å². The summed E-state index contributed by atoms with van der Waals surface area (Å²) in [4.78, 5) is 2.29. The predicted molar refractivity (Wildman–Crippen MR) is 86.4 cm³/mol. The molecule has 0 aromatic heterocycles. The van der Waals surface area contributed by atoms with Crippen LogP contribution in [0.5, 0.6) is 0 Å². The molecule has 1 atom stereocenters. The van der Waals surface area contributed by atoms with Gasteiger partial charge in [-0.05, 0) is 17.7 Å². The summed E-state index contributed by atoms with van der Waals surface area (Å²) in [6.07, 6.45) is 0. The van der Waals surface area contributed by atoms with E-state index in [1.165, 1.54) is 6.07 Å². The lowest BCUT2D eigenvalue weighted by atomic mass is 9.79. The lowest BCUT2D eigenvalue weighted by Crippen LogP contribution is -2.49. The maximum atomic E-state index is 13.6. The van der Waals surface area contributed by atoms with Gasteiger partial charge in [-0.15, -0.1) is 12.4 Å². The molecule has 2 rings (SSSR count). The molecule has 1 aliphatic rings. The Hall–Kier alpha value is -1.19. The first-order valence-electron chi connectivity index (χ1n) is 7.25. The second kappa shape index (κ2) is 7.89. The molecule has 1 heterocycles. The van der Waals surface area contributed by atoms with Crippen LogP contribution in [0.25, 0.3) is 0 Å². The molecule has 0 bridgehead atoms. The Morgan fingerprint density at radius 3 is 2.59 bits per heavy atom. The second-order valence-electron chi connectivity index (χ2n) is 6.19. The number of benzene rings is 1. The minimum atomic E-state index is -0.498. The summed E-state index contributed by atoms with van der Waals surface area (Å²) >= 11 is 0. The van der Waals surface area contributed by atoms with Crippen LogP contribution < -0.4 is 5.32 Å². The van der Waals surface area contributed by atoms with E-state index in [4.69, 9.17) is 5.26 Å². The summed E-state index contributed by atoms with van der Waals surface area (Å²) in [5.41, 5.74) is 0.567. The van der Waals surface area contributed by atoms with E-state index < -0.39 is 5.82 Å². The summed E-state index contributed by atoms with van der Waals surface area (Å²) in [5.74, 6) is -0.498. The Bertz CT molecular complexity index is 539. The smallest absolute Gasteiger partial charge is 0.140 e. The Morgan fingerprint density at radius 2 is 2.05 bits per heavy atom. The largest absolute Gasteiger partial charge is 0.396 e. The third kappa shape index (κ3) is 3.96. The summed E-state index contributed by atoms with van der Waals surface area (Å²) in [6, 6.07) is 6.53. The quantitative estimate of drug-likeness (QED) is 0.889. The summed E-state index contributed by atoms with van der Waals surface area (Å²) < 4.78 is 13.6. The van der Waals surface area contributed by atoms with Crippen molar-refractivity contribution in [1.29, 1.82) is 5.26 Å². The van der Waals surface area contributed by atoms with Gasteiger partial charge in [-0.1, -0.05) is 19.9 Å². The molecule has 1 aromatic rings. The van der Waals surface area contributed by atoms with Crippen molar-refractivity contribution < 1.29 is 9.50 Å². The number of aliphatic hydroxyl groups is 1. The molecular formula is C16H23ClFN3O. The Labute approximate surface area is 137 Å². The molecule has 2 N–H and O–H groups in total. The van der Waals surface area contributed by atoms with Gasteiger partial charge in [0.05, 0.1) is 5.56 Å². The van der Waals surface area contributed by atoms with Crippen LogP contribution in [0.15, 0.2) is 18.2 Å². The monoisotopic (exact) mass is 327 g/mol. The molecule has 1 fully saturated rings. The van der Waals surface area contributed by atoms with E-state index in [1.807, 2.05) is 19.9 Å². The zero-order chi connectivity index (χ0) is 15.5. The molecular weight excluding hydrogens is 305 g/mol. The average molecular weight is 328 g/mol. The van der Waals surface area contributed by atoms with Gasteiger partial charge in [0.2, 0.25) is 0 Å². The third-order valence-electron chi connectivity index (χ3n) is 4.09. The highest BCUT2D eigenvalue weighted by Crippen LogP contribution is 2.38. The maximum absolute atomic E-state index is 13.6. The number of hydrogen-bond acceptors (Lipinski definition) is 4. The van der Waals surface area contributed by atoms with E-state index in [9.17, 15) is 9.50 Å². The number of nitrogens with one attached hydrogen (secondary N) is 1. The van der Waals surface area contributed by atoms with Crippen LogP contribution in [0.3, 0.4) is 0 Å². The van der Waals surface area contributed by atoms with E-state index in [2.05, 4.69) is 10.2 Å². The highest BCUT2D eigenvalue weighted by Gasteiger charge is 2.35. The fourth-order valence-electron chi connectivity index (χ4n) is 2.98. The normalized spacial score (nSPS) is 17.4. The van der Waals surface area contributed by atoms with Gasteiger partial charge in [0, 0.05) is 44.2 Å². The highest BCUT2D eigenvalue weighted by molar-refractivity contribution is 5.85. The molecule has 0 radical (unpaired) electrons. The summed E-state index contributed by atoms with van der Waals surface area (Å²) in [6.45, 7) is 7.54. The molecule has 1 aliphatic heterocycles. The molecule has 6 heteroatoms. The lowest BCUT2D eigenvalue weighted by Gasteiger charge is -2.43. The zero-order valence-electron chi connectivity index (χ0n) is 13.0. The van der Waals surface area contributed by atoms with Gasteiger partial charge >= 0.3 is 0 Å². The molecule has 22 heavy (non-hydrogen) atoms. The average Bonchev–Trinajstić information content (AvgIpc) is 2.50. The molecule has 122 valence electrons. The van der Waals surface area contributed by atoms with Crippen molar-refractivity contribution in [2.75, 3.05) is 32.8 Å². The van der Waals surface area contributed by atoms with Gasteiger partial charge in [-0.3, -0.25) is 4.90 Å². The van der Waals surface area contributed by atoms with Gasteiger partial charge in [0.15, 0.2) is 0 Å². The van der Waals surface area contributed by atoms with Crippen LogP contribution in [0.2, 0.25) is 0 Å². The molecule has 0 saturated carbocycles. The van der Waals surface area contributed by atoms with Crippen LogP contribution in [0.1, 0.15) is 31.0 Å². The van der Waals surface area contributed by atoms with Gasteiger partial charge < -0.3 is 10.4 Å². The second-order valence-corrected chi connectivity index (χ2v) is 6.19. The van der Waals surface area contributed by atoms with E-state index in [1.54, 1.807) is 12.1 Å². The van der Waals surface area contributed by atoms with E-state index >= 15 is 0 Å². The number of hydrogen-bond donors (Lipinski definition) is 2. The highest BCUT2D eigenvalue weighted by atomic mass is 35.5. The number of nitrogens with zero attached hydrogens (tertiary/aromatic N) is 2. The van der Waals surface area contributed by atoms with Gasteiger partial charge in [-0.25, -0.2) is 4.39 Å². The van der Waals surface area contributed by atoms with Crippen molar-refractivity contribution in [2.24, 2.45) is 5.41 Å². The molecule has 0 unspecified atom stereocenters. The van der Waals surface area contributed by atoms with E-state index in [-0.39, 0.29) is 36.0 Å². The summed E-state index contributed by atoms with van der Waals surface area (Å²) in [5, 5.41) is 22.1. The molecule has 1 saturated heterocycles. The SMILES string of the molecule is CC(C)(CO)[C@H](c1ccc(F)c(C#N)c1)N1CCNCC1.Cl. The van der Waals surface area contributed by atoms with Crippen LogP contribution >= 0.6 is 12.4 Å². The zero-order valence-corrected chi connectivity index (χ0v) is 13.8. The number of rotatable bonds is 4. The van der Waals surface area contributed by atoms with Crippen molar-refractivity contribution in [3.8, 4) is 6.07 Å². The molecule has 1 aromatic carbocycles. The summed E-state index contributed by atoms with van der Waals surface area (Å²) in [7, 11) is 0. The van der Waals surface area contributed by atoms with Gasteiger partial charge in [0.1, 0.15) is 11.9 Å².